The van der Waals surface area contributed by atoms with Crippen LogP contribution in [0, 0.1) is 17.2 Å². The van der Waals surface area contributed by atoms with E-state index in [-0.39, 0.29) is 18.4 Å². The number of nitrogens with one attached hydrogen (secondary N) is 1. The molecule has 0 aromatic heterocycles. The Morgan fingerprint density at radius 3 is 2.93 bits per heavy atom. The highest BCUT2D eigenvalue weighted by molar-refractivity contribution is 6.40. The van der Waals surface area contributed by atoms with Crippen LogP contribution < -0.4 is 5.32 Å². The standard InChI is InChI=1S/C23H23N3O3/c24-14-16-4-3-6-18(12-16)21-19-7-2-1-5-17(19)13-20(25-21)22(28)26-23(15-27)8-10-29-11-9-23/h1-7,12,17,27H,8-11,13,15H2,(H,26,28). The summed E-state index contributed by atoms with van der Waals surface area (Å²) in [4.78, 5) is 17.8. The minimum Gasteiger partial charge on any atom is -0.394 e. The van der Waals surface area contributed by atoms with Gasteiger partial charge in [-0.3, -0.25) is 4.79 Å². The van der Waals surface area contributed by atoms with Gasteiger partial charge in [0.1, 0.15) is 5.71 Å². The molecule has 1 aliphatic carbocycles. The lowest BCUT2D eigenvalue weighted by Gasteiger charge is -2.37. The molecular formula is C23H23N3O3. The van der Waals surface area contributed by atoms with E-state index in [0.717, 1.165) is 11.1 Å². The highest BCUT2D eigenvalue weighted by atomic mass is 16.5. The number of nitriles is 1. The topological polar surface area (TPSA) is 94.7 Å². The Labute approximate surface area is 169 Å². The number of carbonyl (C=O) groups is 1. The molecular weight excluding hydrogens is 366 g/mol. The fourth-order valence-corrected chi connectivity index (χ4v) is 3.98. The van der Waals surface area contributed by atoms with Gasteiger partial charge in [-0.2, -0.15) is 5.26 Å². The average Bonchev–Trinajstić information content (AvgIpc) is 2.79. The maximum Gasteiger partial charge on any atom is 0.266 e. The first-order chi connectivity index (χ1) is 14.1. The molecule has 1 aromatic rings. The van der Waals surface area contributed by atoms with E-state index in [2.05, 4.69) is 17.5 Å². The molecule has 0 saturated carbocycles. The Kier molecular flexibility index (Phi) is 5.43. The number of aliphatic imine (C=N–C) groups is 1. The predicted molar refractivity (Wildman–Crippen MR) is 110 cm³/mol. The van der Waals surface area contributed by atoms with Crippen LogP contribution >= 0.6 is 0 Å². The van der Waals surface area contributed by atoms with Crippen molar-refractivity contribution in [2.75, 3.05) is 19.8 Å². The summed E-state index contributed by atoms with van der Waals surface area (Å²) in [6.07, 6.45) is 9.68. The minimum atomic E-state index is -0.662. The Morgan fingerprint density at radius 1 is 1.34 bits per heavy atom. The van der Waals surface area contributed by atoms with E-state index in [1.54, 1.807) is 12.1 Å². The zero-order valence-electron chi connectivity index (χ0n) is 16.1. The summed E-state index contributed by atoms with van der Waals surface area (Å²) in [5.41, 5.74) is 2.91. The van der Waals surface area contributed by atoms with Crippen molar-refractivity contribution < 1.29 is 14.6 Å². The maximum absolute atomic E-state index is 13.1. The Balaban J connectivity index is 1.69. The highest BCUT2D eigenvalue weighted by Gasteiger charge is 2.36. The molecule has 0 radical (unpaired) electrons. The van der Waals surface area contributed by atoms with Gasteiger partial charge in [0.05, 0.1) is 29.5 Å². The minimum absolute atomic E-state index is 0.0544. The van der Waals surface area contributed by atoms with Crippen molar-refractivity contribution in [3.8, 4) is 6.07 Å². The molecule has 1 atom stereocenters. The lowest BCUT2D eigenvalue weighted by molar-refractivity contribution is -0.119. The van der Waals surface area contributed by atoms with Crippen LogP contribution in [0.1, 0.15) is 30.4 Å². The average molecular weight is 389 g/mol. The molecule has 6 nitrogen and oxygen atoms in total. The Hall–Kier alpha value is -3.01. The van der Waals surface area contributed by atoms with Crippen molar-refractivity contribution in [3.63, 3.8) is 0 Å². The lowest BCUT2D eigenvalue weighted by Crippen LogP contribution is -2.56. The molecule has 1 amide bonds. The van der Waals surface area contributed by atoms with Crippen molar-refractivity contribution in [2.45, 2.75) is 24.8 Å². The van der Waals surface area contributed by atoms with Crippen LogP contribution in [-0.4, -0.2) is 42.1 Å². The van der Waals surface area contributed by atoms with Crippen LogP contribution in [0.5, 0.6) is 0 Å². The van der Waals surface area contributed by atoms with E-state index in [9.17, 15) is 15.2 Å². The number of carbonyl (C=O) groups excluding carboxylic acids is 1. The summed E-state index contributed by atoms with van der Waals surface area (Å²) < 4.78 is 5.38. The molecule has 3 aliphatic rings. The van der Waals surface area contributed by atoms with Gasteiger partial charge in [-0.1, -0.05) is 36.4 Å². The smallest absolute Gasteiger partial charge is 0.266 e. The van der Waals surface area contributed by atoms with E-state index in [1.165, 1.54) is 0 Å². The number of hydrogen-bond donors (Lipinski definition) is 2. The molecule has 4 rings (SSSR count). The predicted octanol–water partition coefficient (Wildman–Crippen LogP) is 2.51. The van der Waals surface area contributed by atoms with Crippen LogP contribution in [-0.2, 0) is 9.53 Å². The molecule has 1 aromatic carbocycles. The van der Waals surface area contributed by atoms with Gasteiger partial charge in [0.2, 0.25) is 0 Å². The van der Waals surface area contributed by atoms with Crippen LogP contribution in [0.15, 0.2) is 59.1 Å². The fraction of sp³-hybridized carbons (Fsp3) is 0.348. The second-order valence-corrected chi connectivity index (χ2v) is 7.61. The van der Waals surface area contributed by atoms with Crippen LogP contribution in [0.2, 0.25) is 0 Å². The quantitative estimate of drug-likeness (QED) is 0.827. The Bertz CT molecular complexity index is 975. The third-order valence-electron chi connectivity index (χ3n) is 5.72. The van der Waals surface area contributed by atoms with Gasteiger partial charge in [0.25, 0.3) is 5.91 Å². The first-order valence-corrected chi connectivity index (χ1v) is 9.82. The van der Waals surface area contributed by atoms with Crippen LogP contribution in [0.3, 0.4) is 0 Å². The molecule has 0 spiro atoms. The number of hydrogen-bond acceptors (Lipinski definition) is 5. The molecule has 2 heterocycles. The molecule has 2 N–H and O–H groups in total. The summed E-state index contributed by atoms with van der Waals surface area (Å²) in [7, 11) is 0. The number of aliphatic hydroxyl groups excluding tert-OH is 1. The van der Waals surface area contributed by atoms with Gasteiger partial charge < -0.3 is 15.2 Å². The number of allylic oxidation sites excluding steroid dienone is 5. The van der Waals surface area contributed by atoms with Crippen LogP contribution in [0.4, 0.5) is 0 Å². The number of nitrogens with zero attached hydrogens (tertiary/aromatic N) is 2. The first kappa shape index (κ1) is 19.3. The zero-order chi connectivity index (χ0) is 20.3. The van der Waals surface area contributed by atoms with Gasteiger partial charge in [0.15, 0.2) is 0 Å². The highest BCUT2D eigenvalue weighted by Crippen LogP contribution is 2.36. The van der Waals surface area contributed by atoms with Gasteiger partial charge in [-0.15, -0.1) is 0 Å². The SMILES string of the molecule is N#Cc1cccc(C2=C3C=CC=CC3CC(C(=O)NC3(CO)CCOCC3)=N2)c1. The number of aliphatic hydroxyl groups is 1. The molecule has 1 fully saturated rings. The zero-order valence-corrected chi connectivity index (χ0v) is 16.1. The van der Waals surface area contributed by atoms with E-state index in [4.69, 9.17) is 9.73 Å². The lowest BCUT2D eigenvalue weighted by atomic mass is 9.83. The second kappa shape index (κ2) is 8.16. The normalized spacial score (nSPS) is 22.5. The third kappa shape index (κ3) is 3.93. The van der Waals surface area contributed by atoms with E-state index < -0.39 is 5.54 Å². The largest absolute Gasteiger partial charge is 0.394 e. The van der Waals surface area contributed by atoms with Crippen molar-refractivity contribution in [1.29, 1.82) is 5.26 Å². The first-order valence-electron chi connectivity index (χ1n) is 9.82. The molecule has 6 heteroatoms. The van der Waals surface area contributed by atoms with Crippen molar-refractivity contribution in [1.82, 2.24) is 5.32 Å². The van der Waals surface area contributed by atoms with Crippen LogP contribution in [0.25, 0.3) is 5.70 Å². The molecule has 0 bridgehead atoms. The summed E-state index contributed by atoms with van der Waals surface area (Å²) in [6.45, 7) is 0.902. The van der Waals surface area contributed by atoms with Crippen molar-refractivity contribution in [2.24, 2.45) is 10.9 Å². The van der Waals surface area contributed by atoms with Gasteiger partial charge >= 0.3 is 0 Å². The fourth-order valence-electron chi connectivity index (χ4n) is 3.98. The number of benzene rings is 1. The molecule has 148 valence electrons. The summed E-state index contributed by atoms with van der Waals surface area (Å²) >= 11 is 0. The van der Waals surface area contributed by atoms with Crippen molar-refractivity contribution in [3.05, 3.63) is 65.3 Å². The van der Waals surface area contributed by atoms with Gasteiger partial charge in [-0.25, -0.2) is 4.99 Å². The van der Waals surface area contributed by atoms with E-state index in [0.29, 0.717) is 49.4 Å². The number of amides is 1. The monoisotopic (exact) mass is 389 g/mol. The van der Waals surface area contributed by atoms with Gasteiger partial charge in [0, 0.05) is 31.1 Å². The number of rotatable bonds is 4. The van der Waals surface area contributed by atoms with E-state index >= 15 is 0 Å². The van der Waals surface area contributed by atoms with E-state index in [1.807, 2.05) is 30.4 Å². The van der Waals surface area contributed by atoms with Gasteiger partial charge in [-0.05, 0) is 30.5 Å². The summed E-state index contributed by atoms with van der Waals surface area (Å²) in [5.74, 6) is -0.198. The molecule has 1 unspecified atom stereocenters. The molecule has 1 saturated heterocycles. The summed E-state index contributed by atoms with van der Waals surface area (Å²) in [6, 6.07) is 9.43. The third-order valence-corrected chi connectivity index (χ3v) is 5.72. The maximum atomic E-state index is 13.1. The summed E-state index contributed by atoms with van der Waals surface area (Å²) in [5, 5.41) is 22.2. The van der Waals surface area contributed by atoms with Crippen molar-refractivity contribution >= 4 is 17.3 Å². The molecule has 2 aliphatic heterocycles. The Morgan fingerprint density at radius 2 is 2.17 bits per heavy atom. The number of fused-ring (bicyclic) bond motifs is 1. The second-order valence-electron chi connectivity index (χ2n) is 7.61. The molecule has 29 heavy (non-hydrogen) atoms. The number of ether oxygens (including phenoxy) is 1.